The van der Waals surface area contributed by atoms with Crippen LogP contribution >= 0.6 is 0 Å². The lowest BCUT2D eigenvalue weighted by Crippen LogP contribution is -2.26. The van der Waals surface area contributed by atoms with Crippen LogP contribution in [-0.2, 0) is 94.7 Å². The molecule has 0 spiro atoms. The molecule has 8 nitrogen and oxygen atoms in total. The van der Waals surface area contributed by atoms with Crippen molar-refractivity contribution in [2.45, 2.75) is 423 Å². The predicted octanol–water partition coefficient (Wildman–Crippen LogP) is 32.1. The average Bonchev–Trinajstić information content (AvgIpc) is 0.762. The first-order chi connectivity index (χ1) is 57.5. The second kappa shape index (κ2) is 35.6. The molecule has 0 fully saturated rings. The molecule has 1 aliphatic carbocycles. The van der Waals surface area contributed by atoms with Crippen molar-refractivity contribution in [3.63, 3.8) is 0 Å². The number of fused-ring (bicyclic) bond motifs is 16. The van der Waals surface area contributed by atoms with Crippen LogP contribution in [0.1, 0.15) is 462 Å². The lowest BCUT2D eigenvalue weighted by atomic mass is 9.70. The van der Waals surface area contributed by atoms with Gasteiger partial charge in [0, 0.05) is 51.4 Å². The highest BCUT2D eigenvalue weighted by molar-refractivity contribution is 5.63. The van der Waals surface area contributed by atoms with Gasteiger partial charge in [-0.3, -0.25) is 0 Å². The van der Waals surface area contributed by atoms with Gasteiger partial charge in [-0.2, -0.15) is 0 Å². The molecule has 0 heterocycles. The van der Waals surface area contributed by atoms with E-state index in [2.05, 4.69) is 374 Å². The van der Waals surface area contributed by atoms with Crippen molar-refractivity contribution in [2.24, 2.45) is 43.3 Å². The molecule has 1 aliphatic rings. The zero-order chi connectivity index (χ0) is 97.1. The zero-order valence-corrected chi connectivity index (χ0v) is 88.1. The lowest BCUT2D eigenvalue weighted by molar-refractivity contribution is 0.283. The van der Waals surface area contributed by atoms with Gasteiger partial charge in [0.15, 0.2) is 0 Å². The van der Waals surface area contributed by atoms with Crippen molar-refractivity contribution < 1.29 is 40.9 Å². The summed E-state index contributed by atoms with van der Waals surface area (Å²) in [5, 5.41) is 109. The number of rotatable bonds is 16. The summed E-state index contributed by atoms with van der Waals surface area (Å²) in [5.41, 5.74) is 14.4. The van der Waals surface area contributed by atoms with Crippen LogP contribution in [0.2, 0.25) is 0 Å². The van der Waals surface area contributed by atoms with Crippen LogP contribution in [0.25, 0.3) is 0 Å². The Kier molecular flexibility index (Phi) is 28.9. The van der Waals surface area contributed by atoms with Gasteiger partial charge < -0.3 is 40.9 Å². The second-order valence-corrected chi connectivity index (χ2v) is 55.5. The quantitative estimate of drug-likeness (QED) is 0.0474. The van der Waals surface area contributed by atoms with E-state index in [1.54, 1.807) is 0 Å². The lowest BCUT2D eigenvalue weighted by Gasteiger charge is -2.35. The van der Waals surface area contributed by atoms with E-state index in [0.717, 1.165) is 95.9 Å². The Bertz CT molecular complexity index is 4190. The minimum absolute atomic E-state index is 0.0864. The maximum absolute atomic E-state index is 13.6. The molecular weight excluding hydrogens is 1570 g/mol. The maximum Gasteiger partial charge on any atom is 0.122 e. The molecule has 8 heteroatoms. The van der Waals surface area contributed by atoms with Crippen molar-refractivity contribution in [3.05, 3.63) is 231 Å². The van der Waals surface area contributed by atoms with Gasteiger partial charge in [-0.25, -0.2) is 0 Å². The van der Waals surface area contributed by atoms with Crippen LogP contribution in [0.4, 0.5) is 0 Å². The Morgan fingerprint density at radius 3 is 0.250 bits per heavy atom. The van der Waals surface area contributed by atoms with Crippen molar-refractivity contribution in [2.75, 3.05) is 0 Å². The van der Waals surface area contributed by atoms with Crippen molar-refractivity contribution in [3.8, 4) is 46.0 Å². The zero-order valence-electron chi connectivity index (χ0n) is 88.1. The summed E-state index contributed by atoms with van der Waals surface area (Å²) in [6, 6.07) is 34.4. The third kappa shape index (κ3) is 26.3. The smallest absolute Gasteiger partial charge is 0.122 e. The number of phenolic OH excluding ortho intramolecular Hbond substituents is 8. The molecule has 8 aromatic rings. The van der Waals surface area contributed by atoms with E-state index in [1.807, 2.05) is 0 Å². The third-order valence-corrected chi connectivity index (χ3v) is 27.2. The number of hydrogen-bond acceptors (Lipinski definition) is 8. The highest BCUT2D eigenvalue weighted by atomic mass is 16.3. The van der Waals surface area contributed by atoms with Gasteiger partial charge in [-0.05, 0) is 272 Å². The summed E-state index contributed by atoms with van der Waals surface area (Å²) in [6.07, 6.45) is 7.78. The molecule has 0 saturated heterocycles. The molecule has 9 rings (SSSR count). The maximum atomic E-state index is 13.6. The Morgan fingerprint density at radius 1 is 0.133 bits per heavy atom. The molecule has 8 N–H and O–H groups in total. The number of hydrogen-bond donors (Lipinski definition) is 8. The van der Waals surface area contributed by atoms with Crippen LogP contribution in [-0.4, -0.2) is 40.9 Å². The van der Waals surface area contributed by atoms with E-state index in [-0.39, 0.29) is 141 Å². The van der Waals surface area contributed by atoms with E-state index in [4.69, 9.17) is 0 Å². The summed E-state index contributed by atoms with van der Waals surface area (Å²) in [6.45, 7) is 91.0. The monoisotopic (exact) mass is 1750 g/mol. The SMILES string of the molecule is CC(C)(C)CC(C)(C)c1cc2c(O)c(c1)Cc1cc(C(C)(C)CC(C)(C)C)cc(c1O)Cc1cc(C(C)(C)CC(C)(C)C)cc(c1O)Cc1cc(C(C)(C)CC(C)(C)C)cc(c1O)Cc1cc(C(C)(C)CC(C)(C)C)cc(c1O)Cc1cc(C(C)(C)CC(C)(C)C)cc(c1O)Cc1cc(C(C)(C)CC(C)(C)C)cc(c1O)Cc1cc(C(C)(C)CC(C)(C)C)cc(c1O)C2. The molecule has 0 saturated carbocycles. The van der Waals surface area contributed by atoms with Crippen molar-refractivity contribution in [1.82, 2.24) is 0 Å². The molecule has 8 aromatic carbocycles. The largest absolute Gasteiger partial charge is 0.507 e. The Morgan fingerprint density at radius 2 is 0.195 bits per heavy atom. The van der Waals surface area contributed by atoms with E-state index in [9.17, 15) is 40.9 Å². The van der Waals surface area contributed by atoms with E-state index < -0.39 is 43.3 Å². The van der Waals surface area contributed by atoms with Gasteiger partial charge in [-0.15, -0.1) is 0 Å². The summed E-state index contributed by atoms with van der Waals surface area (Å²) in [7, 11) is 0. The molecule has 704 valence electrons. The fraction of sp³-hybridized carbons (Fsp3) is 0.600. The highest BCUT2D eigenvalue weighted by Gasteiger charge is 2.40. The van der Waals surface area contributed by atoms with Gasteiger partial charge in [0.25, 0.3) is 0 Å². The fourth-order valence-electron chi connectivity index (χ4n) is 24.4. The normalized spacial score (nSPS) is 14.8. The summed E-state index contributed by atoms with van der Waals surface area (Å²) < 4.78 is 0. The van der Waals surface area contributed by atoms with Crippen molar-refractivity contribution in [1.29, 1.82) is 0 Å². The molecule has 0 atom stereocenters. The minimum Gasteiger partial charge on any atom is -0.507 e. The van der Waals surface area contributed by atoms with Crippen LogP contribution in [0.5, 0.6) is 46.0 Å². The first kappa shape index (κ1) is 104. The Hall–Kier alpha value is -7.84. The van der Waals surface area contributed by atoms with E-state index >= 15 is 0 Å². The number of aromatic hydroxyl groups is 8. The van der Waals surface area contributed by atoms with Gasteiger partial charge in [0.05, 0.1) is 0 Å². The molecule has 128 heavy (non-hydrogen) atoms. The van der Waals surface area contributed by atoms with Crippen LogP contribution in [0.3, 0.4) is 0 Å². The molecule has 0 aliphatic heterocycles. The summed E-state index contributed by atoms with van der Waals surface area (Å²) in [4.78, 5) is 0. The predicted molar refractivity (Wildman–Crippen MR) is 544 cm³/mol. The fourth-order valence-corrected chi connectivity index (χ4v) is 24.4. The van der Waals surface area contributed by atoms with Gasteiger partial charge in [0.1, 0.15) is 46.0 Å². The molecule has 0 unspecified atom stereocenters. The Labute approximate surface area is 778 Å². The summed E-state index contributed by atoms with van der Waals surface area (Å²) in [5.74, 6) is 0.691. The highest BCUT2D eigenvalue weighted by Crippen LogP contribution is 2.53. The first-order valence-electron chi connectivity index (χ1n) is 48.3. The van der Waals surface area contributed by atoms with Crippen LogP contribution < -0.4 is 0 Å². The van der Waals surface area contributed by atoms with Gasteiger partial charge in [-0.1, -0.05) is 374 Å². The summed E-state index contributed by atoms with van der Waals surface area (Å²) >= 11 is 0. The first-order valence-corrected chi connectivity index (χ1v) is 48.3. The van der Waals surface area contributed by atoms with Gasteiger partial charge >= 0.3 is 0 Å². The standard InChI is InChI=1S/C120H176O8/c1-105(2,3)65-113(25,26)89-49-73-41-75-51-90(114(27,28)66-106(4,5)6)53-77(98(75)122)43-79-55-92(116(31,32)68-108(10,11)12)57-81(100(79)124)45-83-59-94(118(35,36)70-110(16,17)18)61-85(102(83)126)47-87-63-96(120(39,40)72-112(22,23)24)64-88(104(87)128)48-86-62-95(119(37,38)71-111(19,20)21)60-84(103(86)127)46-82-58-93(117(33,34)69-109(13,14)15)56-80(101(82)125)44-78-54-91(115(29,30)67-107(7,8)9)52-76(99(78)123)42-74(50-89)97(73)121/h49-64,121-128H,41-48,65-72H2,1-40H3. The van der Waals surface area contributed by atoms with Crippen LogP contribution in [0, 0.1) is 43.3 Å². The molecule has 0 radical (unpaired) electrons. The second-order valence-electron chi connectivity index (χ2n) is 55.5. The molecule has 16 bridgehead atoms. The molecule has 0 aromatic heterocycles. The number of benzene rings is 8. The third-order valence-electron chi connectivity index (χ3n) is 27.2. The van der Waals surface area contributed by atoms with Crippen LogP contribution in [0.15, 0.2) is 97.1 Å². The minimum atomic E-state index is -0.424. The number of phenols is 8. The van der Waals surface area contributed by atoms with Gasteiger partial charge in [0.2, 0.25) is 0 Å². The topological polar surface area (TPSA) is 162 Å². The van der Waals surface area contributed by atoms with E-state index in [0.29, 0.717) is 89.0 Å². The molecule has 0 amide bonds. The molecular formula is C120H176O8. The van der Waals surface area contributed by atoms with Crippen molar-refractivity contribution >= 4 is 0 Å². The Balaban J connectivity index is 1.48. The van der Waals surface area contributed by atoms with E-state index in [1.165, 1.54) is 0 Å². The average molecular weight is 1750 g/mol.